The molecule has 0 amide bonds. The van der Waals surface area contributed by atoms with Gasteiger partial charge in [-0.3, -0.25) is 0 Å². The molecule has 0 aliphatic carbocycles. The molecule has 5 heteroatoms. The Labute approximate surface area is 130 Å². The Morgan fingerprint density at radius 1 is 1.27 bits per heavy atom. The fraction of sp³-hybridized carbons (Fsp3) is 0.471. The third-order valence-electron chi connectivity index (χ3n) is 3.45. The van der Waals surface area contributed by atoms with Gasteiger partial charge in [-0.1, -0.05) is 37.3 Å². The fourth-order valence-electron chi connectivity index (χ4n) is 2.15. The molecule has 0 saturated carbocycles. The summed E-state index contributed by atoms with van der Waals surface area (Å²) in [5.74, 6) is -1.40. The van der Waals surface area contributed by atoms with Crippen molar-refractivity contribution in [3.8, 4) is 0 Å². The average molecular weight is 306 g/mol. The van der Waals surface area contributed by atoms with E-state index in [1.807, 2.05) is 6.92 Å². The van der Waals surface area contributed by atoms with E-state index in [2.05, 4.69) is 0 Å². The number of hydrogen-bond donors (Lipinski definition) is 1. The van der Waals surface area contributed by atoms with Gasteiger partial charge >= 0.3 is 5.97 Å². The average Bonchev–Trinajstić information content (AvgIpc) is 2.57. The van der Waals surface area contributed by atoms with Gasteiger partial charge in [-0.15, -0.1) is 0 Å². The number of benzene rings is 1. The maximum atomic E-state index is 12.2. The molecule has 0 fully saturated rings. The molecule has 22 heavy (non-hydrogen) atoms. The number of rotatable bonds is 10. The SMILES string of the molecule is CCCOC(=O)C(O)(CCCC(C=O)C=O)c1ccccc1. The Morgan fingerprint density at radius 3 is 2.45 bits per heavy atom. The minimum absolute atomic E-state index is 0.0950. The van der Waals surface area contributed by atoms with Crippen molar-refractivity contribution in [1.82, 2.24) is 0 Å². The summed E-state index contributed by atoms with van der Waals surface area (Å²) in [6, 6.07) is 8.56. The zero-order valence-electron chi connectivity index (χ0n) is 12.7. The number of ether oxygens (including phenoxy) is 1. The highest BCUT2D eigenvalue weighted by atomic mass is 16.5. The highest BCUT2D eigenvalue weighted by molar-refractivity contribution is 5.81. The molecule has 1 rings (SSSR count). The second-order valence-electron chi connectivity index (χ2n) is 5.19. The molecule has 1 atom stereocenters. The summed E-state index contributed by atoms with van der Waals surface area (Å²) < 4.78 is 5.09. The lowest BCUT2D eigenvalue weighted by Crippen LogP contribution is -2.37. The molecule has 120 valence electrons. The first-order valence-electron chi connectivity index (χ1n) is 7.44. The summed E-state index contributed by atoms with van der Waals surface area (Å²) in [6.07, 6.45) is 2.55. The topological polar surface area (TPSA) is 80.7 Å². The van der Waals surface area contributed by atoms with E-state index in [0.717, 1.165) is 0 Å². The van der Waals surface area contributed by atoms with Crippen molar-refractivity contribution >= 4 is 18.5 Å². The van der Waals surface area contributed by atoms with E-state index < -0.39 is 17.5 Å². The lowest BCUT2D eigenvalue weighted by Gasteiger charge is -2.26. The molecule has 1 N–H and O–H groups in total. The lowest BCUT2D eigenvalue weighted by atomic mass is 9.87. The third kappa shape index (κ3) is 4.77. The van der Waals surface area contributed by atoms with E-state index in [1.54, 1.807) is 30.3 Å². The highest BCUT2D eigenvalue weighted by Crippen LogP contribution is 2.29. The zero-order chi connectivity index (χ0) is 16.4. The van der Waals surface area contributed by atoms with Gasteiger partial charge in [-0.2, -0.15) is 0 Å². The summed E-state index contributed by atoms with van der Waals surface area (Å²) in [4.78, 5) is 33.5. The zero-order valence-corrected chi connectivity index (χ0v) is 12.7. The second-order valence-corrected chi connectivity index (χ2v) is 5.19. The molecule has 1 aromatic carbocycles. The van der Waals surface area contributed by atoms with Crippen LogP contribution in [-0.4, -0.2) is 30.3 Å². The number of esters is 1. The molecular weight excluding hydrogens is 284 g/mol. The maximum Gasteiger partial charge on any atom is 0.342 e. The first kappa shape index (κ1) is 18.0. The Morgan fingerprint density at radius 2 is 1.91 bits per heavy atom. The number of aliphatic hydroxyl groups is 1. The van der Waals surface area contributed by atoms with E-state index >= 15 is 0 Å². The Bertz CT molecular complexity index is 477. The molecule has 0 aromatic heterocycles. The van der Waals surface area contributed by atoms with Crippen molar-refractivity contribution in [1.29, 1.82) is 0 Å². The van der Waals surface area contributed by atoms with Gasteiger partial charge < -0.3 is 19.4 Å². The molecule has 0 bridgehead atoms. The van der Waals surface area contributed by atoms with Crippen LogP contribution in [0.2, 0.25) is 0 Å². The van der Waals surface area contributed by atoms with Crippen molar-refractivity contribution in [2.75, 3.05) is 6.61 Å². The first-order valence-corrected chi connectivity index (χ1v) is 7.44. The quantitative estimate of drug-likeness (QED) is 0.406. The van der Waals surface area contributed by atoms with Crippen molar-refractivity contribution in [2.45, 2.75) is 38.2 Å². The predicted molar refractivity (Wildman–Crippen MR) is 81.1 cm³/mol. The Balaban J connectivity index is 2.85. The fourth-order valence-corrected chi connectivity index (χ4v) is 2.15. The van der Waals surface area contributed by atoms with E-state index in [1.165, 1.54) is 0 Å². The number of carbonyl (C=O) groups excluding carboxylic acids is 3. The standard InChI is InChI=1S/C17H22O5/c1-2-11-22-16(20)17(21,15-8-4-3-5-9-15)10-6-7-14(12-18)13-19/h3-5,8-9,12-14,21H,2,6-7,10-11H2,1H3. The van der Waals surface area contributed by atoms with Gasteiger partial charge in [0.25, 0.3) is 0 Å². The van der Waals surface area contributed by atoms with Crippen LogP contribution in [-0.2, 0) is 24.7 Å². The van der Waals surface area contributed by atoms with Crippen LogP contribution < -0.4 is 0 Å². The molecular formula is C17H22O5. The molecule has 0 aliphatic rings. The van der Waals surface area contributed by atoms with Crippen LogP contribution in [0.5, 0.6) is 0 Å². The van der Waals surface area contributed by atoms with Gasteiger partial charge in [0.05, 0.1) is 12.5 Å². The smallest absolute Gasteiger partial charge is 0.342 e. The van der Waals surface area contributed by atoms with Gasteiger partial charge in [0.2, 0.25) is 0 Å². The van der Waals surface area contributed by atoms with Crippen molar-refractivity contribution < 1.29 is 24.2 Å². The van der Waals surface area contributed by atoms with Crippen LogP contribution >= 0.6 is 0 Å². The van der Waals surface area contributed by atoms with Crippen LogP contribution in [0.25, 0.3) is 0 Å². The van der Waals surface area contributed by atoms with Gasteiger partial charge in [0.1, 0.15) is 12.6 Å². The Kier molecular flexibility index (Phi) is 7.46. The van der Waals surface area contributed by atoms with E-state index in [0.29, 0.717) is 37.4 Å². The first-order chi connectivity index (χ1) is 10.6. The molecule has 0 heterocycles. The number of hydrogen-bond acceptors (Lipinski definition) is 5. The highest BCUT2D eigenvalue weighted by Gasteiger charge is 2.39. The normalized spacial score (nSPS) is 13.4. The molecule has 0 saturated heterocycles. The van der Waals surface area contributed by atoms with Crippen LogP contribution in [0.3, 0.4) is 0 Å². The van der Waals surface area contributed by atoms with Gasteiger partial charge in [0.15, 0.2) is 5.60 Å². The minimum atomic E-state index is -1.76. The minimum Gasteiger partial charge on any atom is -0.463 e. The maximum absolute atomic E-state index is 12.2. The van der Waals surface area contributed by atoms with Gasteiger partial charge in [-0.05, 0) is 31.2 Å². The predicted octanol–water partition coefficient (Wildman–Crippen LogP) is 2.01. The second kappa shape index (κ2) is 9.10. The van der Waals surface area contributed by atoms with Gasteiger partial charge in [-0.25, -0.2) is 4.79 Å². The summed E-state index contributed by atoms with van der Waals surface area (Å²) in [5.41, 5.74) is -1.31. The summed E-state index contributed by atoms with van der Waals surface area (Å²) in [5, 5.41) is 10.8. The van der Waals surface area contributed by atoms with Crippen LogP contribution in [0.1, 0.15) is 38.2 Å². The van der Waals surface area contributed by atoms with Crippen LogP contribution in [0.4, 0.5) is 0 Å². The molecule has 5 nitrogen and oxygen atoms in total. The van der Waals surface area contributed by atoms with Crippen molar-refractivity contribution in [2.24, 2.45) is 5.92 Å². The molecule has 0 radical (unpaired) electrons. The van der Waals surface area contributed by atoms with E-state index in [9.17, 15) is 19.5 Å². The monoisotopic (exact) mass is 306 g/mol. The van der Waals surface area contributed by atoms with E-state index in [-0.39, 0.29) is 13.0 Å². The van der Waals surface area contributed by atoms with E-state index in [4.69, 9.17) is 4.74 Å². The van der Waals surface area contributed by atoms with Crippen LogP contribution in [0.15, 0.2) is 30.3 Å². The molecule has 1 aromatic rings. The number of carbonyl (C=O) groups is 3. The van der Waals surface area contributed by atoms with Gasteiger partial charge in [0, 0.05) is 0 Å². The molecule has 0 spiro atoms. The number of aldehydes is 2. The van der Waals surface area contributed by atoms with Crippen molar-refractivity contribution in [3.63, 3.8) is 0 Å². The lowest BCUT2D eigenvalue weighted by molar-refractivity contribution is -0.168. The summed E-state index contributed by atoms with van der Waals surface area (Å²) >= 11 is 0. The summed E-state index contributed by atoms with van der Waals surface area (Å²) in [7, 11) is 0. The molecule has 1 unspecified atom stereocenters. The Hall–Kier alpha value is -2.01. The largest absolute Gasteiger partial charge is 0.463 e. The van der Waals surface area contributed by atoms with Crippen LogP contribution in [0, 0.1) is 5.92 Å². The third-order valence-corrected chi connectivity index (χ3v) is 3.45. The summed E-state index contributed by atoms with van der Waals surface area (Å²) in [6.45, 7) is 2.10. The molecule has 0 aliphatic heterocycles. The van der Waals surface area contributed by atoms with Crippen molar-refractivity contribution in [3.05, 3.63) is 35.9 Å².